The van der Waals surface area contributed by atoms with Crippen molar-refractivity contribution in [1.29, 1.82) is 0 Å². The molecule has 1 aliphatic heterocycles. The maximum Gasteiger partial charge on any atom is 0.173 e. The fraction of sp³-hybridized carbons (Fsp3) is 0.462. The van der Waals surface area contributed by atoms with Gasteiger partial charge in [-0.2, -0.15) is 0 Å². The number of nitrogens with two attached hydrogens (primary N) is 1. The van der Waals surface area contributed by atoms with Gasteiger partial charge in [-0.3, -0.25) is 0 Å². The van der Waals surface area contributed by atoms with Crippen LogP contribution in [-0.4, -0.2) is 49.8 Å². The van der Waals surface area contributed by atoms with Crippen molar-refractivity contribution in [3.63, 3.8) is 0 Å². The van der Waals surface area contributed by atoms with Gasteiger partial charge in [0.2, 0.25) is 0 Å². The van der Waals surface area contributed by atoms with Crippen LogP contribution >= 0.6 is 11.8 Å². The zero-order valence-corrected chi connectivity index (χ0v) is 13.5. The van der Waals surface area contributed by atoms with Crippen LogP contribution in [0.1, 0.15) is 12.5 Å². The molecule has 0 radical (unpaired) electrons. The molecule has 1 saturated heterocycles. The summed E-state index contributed by atoms with van der Waals surface area (Å²) >= 11 is 1.61. The molecule has 21 heavy (non-hydrogen) atoms. The van der Waals surface area contributed by atoms with Crippen molar-refractivity contribution in [2.75, 3.05) is 35.2 Å². The summed E-state index contributed by atoms with van der Waals surface area (Å²) in [5, 5.41) is 12.1. The highest BCUT2D eigenvalue weighted by Crippen LogP contribution is 2.31. The van der Waals surface area contributed by atoms with E-state index in [9.17, 15) is 8.42 Å². The molecule has 0 unspecified atom stereocenters. The summed E-state index contributed by atoms with van der Waals surface area (Å²) in [5.74, 6) is 1.18. The van der Waals surface area contributed by atoms with Crippen molar-refractivity contribution >= 4 is 33.1 Å². The van der Waals surface area contributed by atoms with E-state index in [1.54, 1.807) is 11.8 Å². The summed E-state index contributed by atoms with van der Waals surface area (Å²) in [6.07, 6.45) is 0. The van der Waals surface area contributed by atoms with Crippen molar-refractivity contribution in [2.24, 2.45) is 10.9 Å². The van der Waals surface area contributed by atoms with E-state index in [-0.39, 0.29) is 17.3 Å². The number of amidine groups is 1. The highest BCUT2D eigenvalue weighted by Gasteiger charge is 2.25. The molecule has 3 N–H and O–H groups in total. The first kappa shape index (κ1) is 16.0. The van der Waals surface area contributed by atoms with Gasteiger partial charge in [0.25, 0.3) is 0 Å². The third-order valence-corrected chi connectivity index (χ3v) is 5.90. The predicted molar refractivity (Wildman–Crippen MR) is 86.2 cm³/mol. The van der Waals surface area contributed by atoms with E-state index in [1.807, 2.05) is 30.0 Å². The lowest BCUT2D eigenvalue weighted by molar-refractivity contribution is 0.318. The Morgan fingerprint density at radius 3 is 2.67 bits per heavy atom. The second-order valence-electron chi connectivity index (χ2n) is 4.71. The first-order valence-corrected chi connectivity index (χ1v) is 9.48. The van der Waals surface area contributed by atoms with Gasteiger partial charge in [-0.05, 0) is 17.9 Å². The van der Waals surface area contributed by atoms with Gasteiger partial charge in [-0.25, -0.2) is 8.42 Å². The molecule has 6 nitrogen and oxygen atoms in total. The first-order chi connectivity index (χ1) is 9.98. The monoisotopic (exact) mass is 329 g/mol. The smallest absolute Gasteiger partial charge is 0.173 e. The Morgan fingerprint density at radius 2 is 2.10 bits per heavy atom. The Labute approximate surface area is 128 Å². The molecule has 1 heterocycles. The molecule has 0 aromatic heterocycles. The van der Waals surface area contributed by atoms with Crippen LogP contribution in [0.4, 0.5) is 5.69 Å². The molecule has 1 aliphatic rings. The molecular formula is C13H19N3O3S2. The van der Waals surface area contributed by atoms with Crippen LogP contribution in [0.25, 0.3) is 0 Å². The van der Waals surface area contributed by atoms with E-state index in [1.165, 1.54) is 0 Å². The van der Waals surface area contributed by atoms with Crippen molar-refractivity contribution in [3.8, 4) is 0 Å². The second-order valence-corrected chi connectivity index (χ2v) is 8.32. The van der Waals surface area contributed by atoms with Gasteiger partial charge >= 0.3 is 0 Å². The van der Waals surface area contributed by atoms with Crippen molar-refractivity contribution in [2.45, 2.75) is 11.8 Å². The quantitative estimate of drug-likeness (QED) is 0.283. The van der Waals surface area contributed by atoms with Gasteiger partial charge in [0.1, 0.15) is 0 Å². The molecule has 8 heteroatoms. The van der Waals surface area contributed by atoms with Crippen LogP contribution in [0.15, 0.2) is 28.3 Å². The Morgan fingerprint density at radius 1 is 1.43 bits per heavy atom. The molecule has 2 rings (SSSR count). The SMILES string of the molecule is CCSc1cccc(N2CCS(=O)(=O)CC2)c1/C(N)=N/O. The number of hydrogen-bond donors (Lipinski definition) is 2. The zero-order chi connectivity index (χ0) is 15.5. The molecule has 0 aliphatic carbocycles. The third-order valence-electron chi connectivity index (χ3n) is 3.35. The van der Waals surface area contributed by atoms with Crippen LogP contribution in [0.3, 0.4) is 0 Å². The van der Waals surface area contributed by atoms with Gasteiger partial charge in [-0.15, -0.1) is 11.8 Å². The van der Waals surface area contributed by atoms with Crippen molar-refractivity contribution in [3.05, 3.63) is 23.8 Å². The Hall–Kier alpha value is -1.41. The number of nitrogens with zero attached hydrogens (tertiary/aromatic N) is 2. The van der Waals surface area contributed by atoms with Crippen molar-refractivity contribution < 1.29 is 13.6 Å². The largest absolute Gasteiger partial charge is 0.409 e. The normalized spacial score (nSPS) is 18.7. The zero-order valence-electron chi connectivity index (χ0n) is 11.8. The van der Waals surface area contributed by atoms with E-state index in [0.29, 0.717) is 18.7 Å². The molecule has 0 saturated carbocycles. The fourth-order valence-corrected chi connectivity index (χ4v) is 4.36. The molecular weight excluding hydrogens is 310 g/mol. The number of oxime groups is 1. The lowest BCUT2D eigenvalue weighted by Crippen LogP contribution is -2.41. The van der Waals surface area contributed by atoms with E-state index in [0.717, 1.165) is 16.3 Å². The molecule has 0 bridgehead atoms. The number of benzene rings is 1. The summed E-state index contributed by atoms with van der Waals surface area (Å²) in [4.78, 5) is 2.91. The summed E-state index contributed by atoms with van der Waals surface area (Å²) in [6.45, 7) is 2.88. The average molecular weight is 329 g/mol. The minimum Gasteiger partial charge on any atom is -0.409 e. The molecule has 0 atom stereocenters. The Balaban J connectivity index is 2.41. The minimum atomic E-state index is -2.94. The van der Waals surface area contributed by atoms with E-state index in [4.69, 9.17) is 10.9 Å². The molecule has 1 aromatic carbocycles. The van der Waals surface area contributed by atoms with Crippen molar-refractivity contribution in [1.82, 2.24) is 0 Å². The third kappa shape index (κ3) is 3.62. The maximum atomic E-state index is 11.6. The fourth-order valence-electron chi connectivity index (χ4n) is 2.32. The average Bonchev–Trinajstić information content (AvgIpc) is 2.47. The van der Waals surface area contributed by atoms with E-state index < -0.39 is 9.84 Å². The number of hydrogen-bond acceptors (Lipinski definition) is 6. The number of anilines is 1. The molecule has 0 amide bonds. The van der Waals surface area contributed by atoms with E-state index >= 15 is 0 Å². The van der Waals surface area contributed by atoms with Crippen LogP contribution in [0.5, 0.6) is 0 Å². The Kier molecular flexibility index (Phi) is 5.00. The summed E-state index contributed by atoms with van der Waals surface area (Å²) in [6, 6.07) is 5.71. The van der Waals surface area contributed by atoms with Crippen LogP contribution < -0.4 is 10.6 Å². The van der Waals surface area contributed by atoms with Gasteiger partial charge in [-0.1, -0.05) is 18.1 Å². The first-order valence-electron chi connectivity index (χ1n) is 6.67. The maximum absolute atomic E-state index is 11.6. The summed E-state index contributed by atoms with van der Waals surface area (Å²) in [7, 11) is -2.94. The van der Waals surface area contributed by atoms with E-state index in [2.05, 4.69) is 5.16 Å². The summed E-state index contributed by atoms with van der Waals surface area (Å²) in [5.41, 5.74) is 7.32. The lowest BCUT2D eigenvalue weighted by Gasteiger charge is -2.31. The standard InChI is InChI=1S/C13H19N3O3S2/c1-2-20-11-5-3-4-10(12(11)13(14)15-17)16-6-8-21(18,19)9-7-16/h3-5,17H,2,6-9H2,1H3,(H2,14,15). The van der Waals surface area contributed by atoms with Crippen LogP contribution in [0.2, 0.25) is 0 Å². The lowest BCUT2D eigenvalue weighted by atomic mass is 10.1. The molecule has 1 aromatic rings. The van der Waals surface area contributed by atoms with Crippen LogP contribution in [0, 0.1) is 0 Å². The molecule has 0 spiro atoms. The number of rotatable bonds is 4. The minimum absolute atomic E-state index is 0.0509. The van der Waals surface area contributed by atoms with Gasteiger partial charge in [0.15, 0.2) is 15.7 Å². The Bertz CT molecular complexity index is 630. The van der Waals surface area contributed by atoms with Crippen LogP contribution in [-0.2, 0) is 9.84 Å². The van der Waals surface area contributed by atoms with Gasteiger partial charge in [0, 0.05) is 23.7 Å². The number of sulfone groups is 1. The molecule has 116 valence electrons. The van der Waals surface area contributed by atoms with Gasteiger partial charge < -0.3 is 15.8 Å². The molecule has 1 fully saturated rings. The topological polar surface area (TPSA) is 96.0 Å². The summed E-state index contributed by atoms with van der Waals surface area (Å²) < 4.78 is 23.1. The highest BCUT2D eigenvalue weighted by molar-refractivity contribution is 7.99. The predicted octanol–water partition coefficient (Wildman–Crippen LogP) is 1.13. The second kappa shape index (κ2) is 6.57. The van der Waals surface area contributed by atoms with Gasteiger partial charge in [0.05, 0.1) is 17.1 Å². The number of thioether (sulfide) groups is 1. The highest BCUT2D eigenvalue weighted by atomic mass is 32.2.